The highest BCUT2D eigenvalue weighted by Crippen LogP contribution is 2.34. The van der Waals surface area contributed by atoms with Gasteiger partial charge in [-0.1, -0.05) is 30.7 Å². The van der Waals surface area contributed by atoms with Gasteiger partial charge in [0.05, 0.1) is 19.2 Å². The minimum Gasteiger partial charge on any atom is -0.466 e. The molecule has 1 atom stereocenters. The van der Waals surface area contributed by atoms with Gasteiger partial charge in [-0.05, 0) is 43.9 Å². The summed E-state index contributed by atoms with van der Waals surface area (Å²) in [6, 6.07) is 6.64. The molecule has 3 rings (SSSR count). The Bertz CT molecular complexity index is 764. The normalized spacial score (nSPS) is 23.8. The highest BCUT2D eigenvalue weighted by atomic mass is 35.5. The number of esters is 1. The Balaban J connectivity index is 1.68. The van der Waals surface area contributed by atoms with Crippen molar-refractivity contribution < 1.29 is 19.1 Å². The highest BCUT2D eigenvalue weighted by Gasteiger charge is 2.51. The van der Waals surface area contributed by atoms with Crippen molar-refractivity contribution in [1.29, 1.82) is 0 Å². The van der Waals surface area contributed by atoms with Crippen molar-refractivity contribution in [2.75, 3.05) is 26.4 Å². The van der Waals surface area contributed by atoms with E-state index in [2.05, 4.69) is 5.32 Å². The molecule has 2 aliphatic rings. The lowest BCUT2D eigenvalue weighted by molar-refractivity contribution is -0.150. The predicted octanol–water partition coefficient (Wildman–Crippen LogP) is 2.73. The fraction of sp³-hybridized carbons (Fsp3) is 0.550. The molecule has 0 bridgehead atoms. The Kier molecular flexibility index (Phi) is 6.25. The van der Waals surface area contributed by atoms with Crippen molar-refractivity contribution in [2.45, 2.75) is 38.6 Å². The number of hydrogen-bond donors (Lipinski definition) is 1. The molecule has 2 saturated heterocycles. The molecule has 1 aromatic carbocycles. The number of rotatable bonds is 6. The molecule has 0 spiro atoms. The molecule has 0 radical (unpaired) electrons. The standard InChI is InChI=1S/C20H26ClN3O4/c1-3-20(15-6-5-7-16(21)12-15)18(26)24(19(27)22-20)13-23-10-8-14(9-11-23)17(25)28-4-2/h5-7,12,14H,3-4,8-11,13H2,1-2H3,(H,22,27)/t20-/m1/s1. The Morgan fingerprint density at radius 3 is 2.61 bits per heavy atom. The van der Waals surface area contributed by atoms with E-state index in [9.17, 15) is 14.4 Å². The van der Waals surface area contributed by atoms with Gasteiger partial charge in [-0.2, -0.15) is 0 Å². The minimum atomic E-state index is -1.09. The molecule has 1 N–H and O–H groups in total. The summed E-state index contributed by atoms with van der Waals surface area (Å²) >= 11 is 6.10. The quantitative estimate of drug-likeness (QED) is 0.579. The molecule has 2 heterocycles. The van der Waals surface area contributed by atoms with Crippen LogP contribution in [0.5, 0.6) is 0 Å². The van der Waals surface area contributed by atoms with E-state index in [1.165, 1.54) is 4.90 Å². The maximum atomic E-state index is 13.2. The SMILES string of the molecule is CCOC(=O)C1CCN(CN2C(=O)N[C@](CC)(c3cccc(Cl)c3)C2=O)CC1. The lowest BCUT2D eigenvalue weighted by Crippen LogP contribution is -2.47. The maximum absolute atomic E-state index is 13.2. The van der Waals surface area contributed by atoms with E-state index in [1.54, 1.807) is 25.1 Å². The molecular weight excluding hydrogens is 382 g/mol. The van der Waals surface area contributed by atoms with Crippen LogP contribution in [0.15, 0.2) is 24.3 Å². The van der Waals surface area contributed by atoms with Crippen LogP contribution in [0.1, 0.15) is 38.7 Å². The number of imide groups is 1. The first-order chi connectivity index (χ1) is 13.4. The summed E-state index contributed by atoms with van der Waals surface area (Å²) in [7, 11) is 0. The number of hydrogen-bond acceptors (Lipinski definition) is 5. The van der Waals surface area contributed by atoms with Crippen LogP contribution in [0.25, 0.3) is 0 Å². The van der Waals surface area contributed by atoms with Crippen LogP contribution in [-0.2, 0) is 19.9 Å². The third-order valence-electron chi connectivity index (χ3n) is 5.57. The predicted molar refractivity (Wildman–Crippen MR) is 105 cm³/mol. The first-order valence-electron chi connectivity index (χ1n) is 9.70. The summed E-state index contributed by atoms with van der Waals surface area (Å²) in [6.45, 7) is 5.53. The van der Waals surface area contributed by atoms with Gasteiger partial charge in [-0.15, -0.1) is 0 Å². The molecule has 0 unspecified atom stereocenters. The number of likely N-dealkylation sites (tertiary alicyclic amines) is 1. The van der Waals surface area contributed by atoms with Crippen LogP contribution in [0, 0.1) is 5.92 Å². The molecule has 0 saturated carbocycles. The van der Waals surface area contributed by atoms with E-state index in [0.717, 1.165) is 0 Å². The van der Waals surface area contributed by atoms with Gasteiger partial charge in [0, 0.05) is 18.1 Å². The Morgan fingerprint density at radius 2 is 2.00 bits per heavy atom. The van der Waals surface area contributed by atoms with Crippen LogP contribution in [-0.4, -0.2) is 54.1 Å². The summed E-state index contributed by atoms with van der Waals surface area (Å²) in [6.07, 6.45) is 1.75. The van der Waals surface area contributed by atoms with Gasteiger partial charge in [0.25, 0.3) is 5.91 Å². The maximum Gasteiger partial charge on any atom is 0.326 e. The number of halogens is 1. The first kappa shape index (κ1) is 20.6. The number of benzene rings is 1. The highest BCUT2D eigenvalue weighted by molar-refractivity contribution is 6.30. The minimum absolute atomic E-state index is 0.111. The summed E-state index contributed by atoms with van der Waals surface area (Å²) < 4.78 is 5.09. The van der Waals surface area contributed by atoms with Crippen LogP contribution >= 0.6 is 11.6 Å². The second-order valence-corrected chi connectivity index (χ2v) is 7.65. The number of ether oxygens (including phenoxy) is 1. The van der Waals surface area contributed by atoms with Crippen LogP contribution in [0.4, 0.5) is 4.79 Å². The Hall–Kier alpha value is -2.12. The number of nitrogens with zero attached hydrogens (tertiary/aromatic N) is 2. The average Bonchev–Trinajstić information content (AvgIpc) is 2.94. The molecule has 152 valence electrons. The summed E-state index contributed by atoms with van der Waals surface area (Å²) in [5, 5.41) is 3.39. The summed E-state index contributed by atoms with van der Waals surface area (Å²) in [5.41, 5.74) is -0.407. The lowest BCUT2D eigenvalue weighted by atomic mass is 9.87. The molecule has 1 aromatic rings. The number of piperidine rings is 1. The van der Waals surface area contributed by atoms with E-state index >= 15 is 0 Å². The zero-order valence-corrected chi connectivity index (χ0v) is 17.0. The van der Waals surface area contributed by atoms with Crippen molar-refractivity contribution >= 4 is 29.5 Å². The van der Waals surface area contributed by atoms with E-state index in [0.29, 0.717) is 49.5 Å². The number of amides is 3. The first-order valence-corrected chi connectivity index (χ1v) is 10.1. The van der Waals surface area contributed by atoms with Crippen molar-refractivity contribution in [3.05, 3.63) is 34.9 Å². The Morgan fingerprint density at radius 1 is 1.29 bits per heavy atom. The zero-order valence-electron chi connectivity index (χ0n) is 16.2. The van der Waals surface area contributed by atoms with Crippen LogP contribution < -0.4 is 5.32 Å². The van der Waals surface area contributed by atoms with Gasteiger partial charge in [0.2, 0.25) is 0 Å². The molecule has 2 aliphatic heterocycles. The lowest BCUT2D eigenvalue weighted by Gasteiger charge is -2.33. The van der Waals surface area contributed by atoms with Crippen molar-refractivity contribution in [2.24, 2.45) is 5.92 Å². The molecule has 8 heteroatoms. The van der Waals surface area contributed by atoms with E-state index in [4.69, 9.17) is 16.3 Å². The van der Waals surface area contributed by atoms with Gasteiger partial charge in [-0.25, -0.2) is 9.69 Å². The second-order valence-electron chi connectivity index (χ2n) is 7.22. The molecule has 0 aliphatic carbocycles. The zero-order chi connectivity index (χ0) is 20.3. The fourth-order valence-corrected chi connectivity index (χ4v) is 4.11. The smallest absolute Gasteiger partial charge is 0.326 e. The third kappa shape index (κ3) is 3.86. The molecule has 7 nitrogen and oxygen atoms in total. The van der Waals surface area contributed by atoms with Crippen molar-refractivity contribution in [3.8, 4) is 0 Å². The molecule has 28 heavy (non-hydrogen) atoms. The topological polar surface area (TPSA) is 79.0 Å². The van der Waals surface area contributed by atoms with Crippen molar-refractivity contribution in [3.63, 3.8) is 0 Å². The van der Waals surface area contributed by atoms with Gasteiger partial charge in [0.15, 0.2) is 0 Å². The number of nitrogens with one attached hydrogen (secondary N) is 1. The van der Waals surface area contributed by atoms with Gasteiger partial charge < -0.3 is 10.1 Å². The van der Waals surface area contributed by atoms with Crippen molar-refractivity contribution in [1.82, 2.24) is 15.1 Å². The Labute approximate surface area is 169 Å². The van der Waals surface area contributed by atoms with E-state index in [-0.39, 0.29) is 24.5 Å². The van der Waals surface area contributed by atoms with E-state index < -0.39 is 11.6 Å². The van der Waals surface area contributed by atoms with Crippen LogP contribution in [0.3, 0.4) is 0 Å². The summed E-state index contributed by atoms with van der Waals surface area (Å²) in [5.74, 6) is -0.543. The molecule has 2 fully saturated rings. The van der Waals surface area contributed by atoms with Gasteiger partial charge in [-0.3, -0.25) is 14.5 Å². The number of carbonyl (C=O) groups excluding carboxylic acids is 3. The molecule has 3 amide bonds. The molecular formula is C20H26ClN3O4. The number of urea groups is 1. The fourth-order valence-electron chi connectivity index (χ4n) is 3.92. The average molecular weight is 408 g/mol. The molecule has 0 aromatic heterocycles. The van der Waals surface area contributed by atoms with Crippen LogP contribution in [0.2, 0.25) is 5.02 Å². The van der Waals surface area contributed by atoms with Gasteiger partial charge >= 0.3 is 12.0 Å². The third-order valence-corrected chi connectivity index (χ3v) is 5.81. The summed E-state index contributed by atoms with van der Waals surface area (Å²) in [4.78, 5) is 41.0. The monoisotopic (exact) mass is 407 g/mol. The van der Waals surface area contributed by atoms with Gasteiger partial charge in [0.1, 0.15) is 5.54 Å². The largest absolute Gasteiger partial charge is 0.466 e. The van der Waals surface area contributed by atoms with E-state index in [1.807, 2.05) is 17.9 Å². The second kappa shape index (κ2) is 8.49. The number of carbonyl (C=O) groups is 3.